The van der Waals surface area contributed by atoms with Gasteiger partial charge in [-0.2, -0.15) is 0 Å². The molecule has 1 N–H and O–H groups in total. The lowest BCUT2D eigenvalue weighted by Crippen LogP contribution is -2.05. The predicted octanol–water partition coefficient (Wildman–Crippen LogP) is 5.35. The molecule has 0 aliphatic carbocycles. The molecule has 128 valence electrons. The molecule has 0 saturated carbocycles. The van der Waals surface area contributed by atoms with E-state index >= 15 is 0 Å². The summed E-state index contributed by atoms with van der Waals surface area (Å²) in [6, 6.07) is 12.4. The second kappa shape index (κ2) is 6.73. The fourth-order valence-corrected chi connectivity index (χ4v) is 2.86. The Morgan fingerprint density at radius 2 is 1.84 bits per heavy atom. The van der Waals surface area contributed by atoms with Crippen molar-refractivity contribution in [3.8, 4) is 17.0 Å². The van der Waals surface area contributed by atoms with Crippen LogP contribution in [0, 0.1) is 6.92 Å². The van der Waals surface area contributed by atoms with Crippen LogP contribution in [0.1, 0.15) is 29.8 Å². The van der Waals surface area contributed by atoms with E-state index in [4.69, 9.17) is 16.3 Å². The number of benzene rings is 2. The minimum absolute atomic E-state index is 0.0908. The van der Waals surface area contributed by atoms with E-state index < -0.39 is 5.97 Å². The van der Waals surface area contributed by atoms with Crippen molar-refractivity contribution in [2.75, 3.05) is 0 Å². The monoisotopic (exact) mass is 355 g/mol. The number of nitrogens with zero attached hydrogens (tertiary/aromatic N) is 1. The summed E-state index contributed by atoms with van der Waals surface area (Å²) in [6.07, 6.45) is 0.0908. The number of hydrogen-bond acceptors (Lipinski definition) is 3. The van der Waals surface area contributed by atoms with Gasteiger partial charge in [-0.3, -0.25) is 0 Å². The van der Waals surface area contributed by atoms with Crippen molar-refractivity contribution >= 4 is 28.5 Å². The van der Waals surface area contributed by atoms with Crippen molar-refractivity contribution in [3.05, 3.63) is 58.6 Å². The Morgan fingerprint density at radius 3 is 2.44 bits per heavy atom. The van der Waals surface area contributed by atoms with Crippen LogP contribution in [-0.4, -0.2) is 22.2 Å². The van der Waals surface area contributed by atoms with Crippen LogP contribution in [0.5, 0.6) is 5.75 Å². The van der Waals surface area contributed by atoms with Gasteiger partial charge in [0.1, 0.15) is 5.75 Å². The zero-order chi connectivity index (χ0) is 18.1. The molecule has 0 atom stereocenters. The van der Waals surface area contributed by atoms with Gasteiger partial charge >= 0.3 is 5.97 Å². The van der Waals surface area contributed by atoms with E-state index in [1.54, 1.807) is 18.2 Å². The molecule has 0 spiro atoms. The van der Waals surface area contributed by atoms with Crippen LogP contribution < -0.4 is 4.74 Å². The number of carbonyl (C=O) groups is 1. The summed E-state index contributed by atoms with van der Waals surface area (Å²) < 4.78 is 5.64. The van der Waals surface area contributed by atoms with Gasteiger partial charge in [-0.1, -0.05) is 17.7 Å². The number of rotatable bonds is 4. The first-order valence-electron chi connectivity index (χ1n) is 7.97. The van der Waals surface area contributed by atoms with Crippen LogP contribution in [0.4, 0.5) is 0 Å². The van der Waals surface area contributed by atoms with Crippen molar-refractivity contribution in [2.45, 2.75) is 26.9 Å². The minimum Gasteiger partial charge on any atom is -0.491 e. The third-order valence-corrected chi connectivity index (χ3v) is 4.33. The molecular weight excluding hydrogens is 338 g/mol. The fraction of sp³-hybridized carbons (Fsp3) is 0.200. The number of halogens is 1. The van der Waals surface area contributed by atoms with Crippen molar-refractivity contribution in [3.63, 3.8) is 0 Å². The molecule has 0 fully saturated rings. The molecule has 4 nitrogen and oxygen atoms in total. The van der Waals surface area contributed by atoms with Gasteiger partial charge in [0.15, 0.2) is 0 Å². The van der Waals surface area contributed by atoms with Crippen molar-refractivity contribution in [1.29, 1.82) is 0 Å². The maximum atomic E-state index is 11.7. The quantitative estimate of drug-likeness (QED) is 0.685. The van der Waals surface area contributed by atoms with Crippen LogP contribution >= 0.6 is 11.6 Å². The first-order valence-corrected chi connectivity index (χ1v) is 8.35. The SMILES string of the molecule is Cc1c(Cl)ccc2c(C(=O)O)cc(-c3ccc(OC(C)C)cc3)nc12. The molecule has 0 aliphatic heterocycles. The molecule has 1 heterocycles. The number of fused-ring (bicyclic) bond motifs is 1. The van der Waals surface area contributed by atoms with E-state index in [2.05, 4.69) is 4.98 Å². The Labute approximate surface area is 151 Å². The zero-order valence-corrected chi connectivity index (χ0v) is 15.0. The van der Waals surface area contributed by atoms with Gasteiger partial charge in [0.25, 0.3) is 0 Å². The van der Waals surface area contributed by atoms with Crippen molar-refractivity contribution in [2.24, 2.45) is 0 Å². The van der Waals surface area contributed by atoms with Crippen molar-refractivity contribution in [1.82, 2.24) is 4.98 Å². The van der Waals surface area contributed by atoms with E-state index in [1.165, 1.54) is 0 Å². The van der Waals surface area contributed by atoms with Gasteiger partial charge in [-0.05, 0) is 62.7 Å². The average molecular weight is 356 g/mol. The molecule has 3 rings (SSSR count). The highest BCUT2D eigenvalue weighted by Crippen LogP contribution is 2.30. The third kappa shape index (κ3) is 3.44. The summed E-state index contributed by atoms with van der Waals surface area (Å²) in [6.45, 7) is 5.77. The van der Waals surface area contributed by atoms with Gasteiger partial charge in [-0.15, -0.1) is 0 Å². The predicted molar refractivity (Wildman–Crippen MR) is 99.6 cm³/mol. The van der Waals surface area contributed by atoms with E-state index in [1.807, 2.05) is 45.0 Å². The van der Waals surface area contributed by atoms with E-state index in [9.17, 15) is 9.90 Å². The summed E-state index contributed by atoms with van der Waals surface area (Å²) in [7, 11) is 0. The fourth-order valence-electron chi connectivity index (χ4n) is 2.71. The lowest BCUT2D eigenvalue weighted by atomic mass is 10.0. The number of pyridine rings is 1. The number of aromatic nitrogens is 1. The molecule has 5 heteroatoms. The summed E-state index contributed by atoms with van der Waals surface area (Å²) in [5, 5.41) is 10.7. The van der Waals surface area contributed by atoms with E-state index in [0.717, 1.165) is 16.9 Å². The van der Waals surface area contributed by atoms with Crippen molar-refractivity contribution < 1.29 is 14.6 Å². The average Bonchev–Trinajstić information content (AvgIpc) is 2.57. The maximum Gasteiger partial charge on any atom is 0.336 e. The summed E-state index contributed by atoms with van der Waals surface area (Å²) in [5.74, 6) is -0.229. The van der Waals surface area contributed by atoms with Crippen LogP contribution in [0.25, 0.3) is 22.2 Å². The lowest BCUT2D eigenvalue weighted by molar-refractivity contribution is 0.0699. The van der Waals surface area contributed by atoms with Gasteiger partial charge in [0.2, 0.25) is 0 Å². The molecule has 0 amide bonds. The normalized spacial score (nSPS) is 11.1. The third-order valence-electron chi connectivity index (χ3n) is 3.92. The summed E-state index contributed by atoms with van der Waals surface area (Å²) in [5.41, 5.74) is 2.99. The minimum atomic E-state index is -0.991. The molecular formula is C20H18ClNO3. The van der Waals surface area contributed by atoms with Crippen LogP contribution in [0.3, 0.4) is 0 Å². The van der Waals surface area contributed by atoms with Gasteiger partial charge in [0.05, 0.1) is 22.9 Å². The molecule has 1 aromatic heterocycles. The Hall–Kier alpha value is -2.59. The number of aromatic carboxylic acids is 1. The number of ether oxygens (including phenoxy) is 1. The largest absolute Gasteiger partial charge is 0.491 e. The molecule has 0 aliphatic rings. The van der Waals surface area contributed by atoms with Gasteiger partial charge in [0, 0.05) is 16.0 Å². The molecule has 0 unspecified atom stereocenters. The number of carboxylic acid groups (broad SMARTS) is 1. The Bertz CT molecular complexity index is 949. The first-order chi connectivity index (χ1) is 11.9. The molecule has 0 radical (unpaired) electrons. The highest BCUT2D eigenvalue weighted by Gasteiger charge is 2.15. The van der Waals surface area contributed by atoms with Crippen LogP contribution in [-0.2, 0) is 0 Å². The van der Waals surface area contributed by atoms with Crippen LogP contribution in [0.15, 0.2) is 42.5 Å². The highest BCUT2D eigenvalue weighted by atomic mass is 35.5. The summed E-state index contributed by atoms with van der Waals surface area (Å²) in [4.78, 5) is 16.3. The Balaban J connectivity index is 2.16. The second-order valence-corrected chi connectivity index (χ2v) is 6.53. The molecule has 0 saturated heterocycles. The molecule has 0 bridgehead atoms. The maximum absolute atomic E-state index is 11.7. The lowest BCUT2D eigenvalue weighted by Gasteiger charge is -2.12. The van der Waals surface area contributed by atoms with Crippen LogP contribution in [0.2, 0.25) is 5.02 Å². The van der Waals surface area contributed by atoms with Gasteiger partial charge < -0.3 is 9.84 Å². The second-order valence-electron chi connectivity index (χ2n) is 6.12. The zero-order valence-electron chi connectivity index (χ0n) is 14.2. The highest BCUT2D eigenvalue weighted by molar-refractivity contribution is 6.32. The first kappa shape index (κ1) is 17.2. The van der Waals surface area contributed by atoms with E-state index in [0.29, 0.717) is 21.6 Å². The molecule has 25 heavy (non-hydrogen) atoms. The smallest absolute Gasteiger partial charge is 0.336 e. The Morgan fingerprint density at radius 1 is 1.16 bits per heavy atom. The standard InChI is InChI=1S/C20H18ClNO3/c1-11(2)25-14-6-4-13(5-7-14)18-10-16(20(23)24)15-8-9-17(21)12(3)19(15)22-18/h4-11H,1-3H3,(H,23,24). The number of hydrogen-bond donors (Lipinski definition) is 1. The van der Waals surface area contributed by atoms with Gasteiger partial charge in [-0.25, -0.2) is 9.78 Å². The summed E-state index contributed by atoms with van der Waals surface area (Å²) >= 11 is 6.18. The topological polar surface area (TPSA) is 59.4 Å². The number of carboxylic acids is 1. The van der Waals surface area contributed by atoms with E-state index in [-0.39, 0.29) is 11.7 Å². The molecule has 3 aromatic rings. The molecule has 2 aromatic carbocycles. The number of aryl methyl sites for hydroxylation is 1. The Kier molecular flexibility index (Phi) is 4.64.